The average molecular weight is 443 g/mol. The Morgan fingerprint density at radius 3 is 2.61 bits per heavy atom. The first kappa shape index (κ1) is 20.6. The van der Waals surface area contributed by atoms with Gasteiger partial charge < -0.3 is 9.73 Å². The van der Waals surface area contributed by atoms with E-state index < -0.39 is 11.5 Å². The van der Waals surface area contributed by atoms with Gasteiger partial charge in [-0.25, -0.2) is 15.0 Å². The SMILES string of the molecule is CC(C)(C)c1cc(NC(=O)Cn2cnc3c(oc4ccccc43)c2=O)n(-c2ncccn2)n1. The molecule has 5 aromatic rings. The van der Waals surface area contributed by atoms with Crippen molar-refractivity contribution >= 4 is 33.8 Å². The van der Waals surface area contributed by atoms with Crippen LogP contribution in [0, 0.1) is 0 Å². The van der Waals surface area contributed by atoms with E-state index in [0.717, 1.165) is 11.1 Å². The van der Waals surface area contributed by atoms with Crippen LogP contribution in [0.3, 0.4) is 0 Å². The van der Waals surface area contributed by atoms with Crippen LogP contribution < -0.4 is 10.9 Å². The van der Waals surface area contributed by atoms with Crippen LogP contribution in [0.5, 0.6) is 0 Å². The molecule has 1 amide bonds. The van der Waals surface area contributed by atoms with E-state index in [0.29, 0.717) is 22.9 Å². The number of carbonyl (C=O) groups is 1. The molecule has 0 spiro atoms. The average Bonchev–Trinajstić information content (AvgIpc) is 3.38. The smallest absolute Gasteiger partial charge is 0.297 e. The number of hydrogen-bond donors (Lipinski definition) is 1. The van der Waals surface area contributed by atoms with Gasteiger partial charge in [0.05, 0.1) is 12.0 Å². The molecular formula is C23H21N7O3. The zero-order valence-electron chi connectivity index (χ0n) is 18.3. The Morgan fingerprint density at radius 1 is 1.09 bits per heavy atom. The molecule has 0 fully saturated rings. The minimum atomic E-state index is -0.429. The van der Waals surface area contributed by atoms with Gasteiger partial charge in [0.25, 0.3) is 11.5 Å². The fraction of sp³-hybridized carbons (Fsp3) is 0.217. The molecule has 0 unspecified atom stereocenters. The number of aromatic nitrogens is 6. The van der Waals surface area contributed by atoms with E-state index in [1.165, 1.54) is 15.6 Å². The molecule has 0 saturated carbocycles. The lowest BCUT2D eigenvalue weighted by atomic mass is 9.92. The van der Waals surface area contributed by atoms with E-state index in [9.17, 15) is 9.59 Å². The van der Waals surface area contributed by atoms with Crippen molar-refractivity contribution in [3.63, 3.8) is 0 Å². The first-order valence-electron chi connectivity index (χ1n) is 10.4. The van der Waals surface area contributed by atoms with Gasteiger partial charge in [0.15, 0.2) is 0 Å². The van der Waals surface area contributed by atoms with Crippen molar-refractivity contribution in [2.24, 2.45) is 0 Å². The second-order valence-corrected chi connectivity index (χ2v) is 8.63. The van der Waals surface area contributed by atoms with Crippen LogP contribution in [0.25, 0.3) is 28.0 Å². The van der Waals surface area contributed by atoms with Crippen molar-refractivity contribution < 1.29 is 9.21 Å². The lowest BCUT2D eigenvalue weighted by molar-refractivity contribution is -0.116. The molecule has 33 heavy (non-hydrogen) atoms. The summed E-state index contributed by atoms with van der Waals surface area (Å²) in [6, 6.07) is 10.8. The maximum absolute atomic E-state index is 12.9. The molecule has 0 atom stereocenters. The number of fused-ring (bicyclic) bond motifs is 3. The lowest BCUT2D eigenvalue weighted by Crippen LogP contribution is -2.28. The molecule has 0 aliphatic carbocycles. The minimum absolute atomic E-state index is 0.115. The highest BCUT2D eigenvalue weighted by atomic mass is 16.3. The molecule has 0 bridgehead atoms. The number of nitrogens with one attached hydrogen (secondary N) is 1. The van der Waals surface area contributed by atoms with Gasteiger partial charge in [0.2, 0.25) is 11.5 Å². The molecule has 4 heterocycles. The van der Waals surface area contributed by atoms with Crippen LogP contribution in [0.4, 0.5) is 5.82 Å². The van der Waals surface area contributed by atoms with Gasteiger partial charge in [-0.1, -0.05) is 32.9 Å². The monoisotopic (exact) mass is 443 g/mol. The molecular weight excluding hydrogens is 422 g/mol. The van der Waals surface area contributed by atoms with Crippen LogP contribution in [0.2, 0.25) is 0 Å². The second-order valence-electron chi connectivity index (χ2n) is 8.63. The molecule has 10 nitrogen and oxygen atoms in total. The quantitative estimate of drug-likeness (QED) is 0.453. The predicted octanol–water partition coefficient (Wildman–Crippen LogP) is 3.05. The summed E-state index contributed by atoms with van der Waals surface area (Å²) < 4.78 is 8.37. The molecule has 4 aromatic heterocycles. The summed E-state index contributed by atoms with van der Waals surface area (Å²) in [7, 11) is 0. The van der Waals surface area contributed by atoms with Gasteiger partial charge in [0, 0.05) is 29.3 Å². The number of benzene rings is 1. The van der Waals surface area contributed by atoms with E-state index in [-0.39, 0.29) is 17.5 Å². The summed E-state index contributed by atoms with van der Waals surface area (Å²) in [6.07, 6.45) is 4.55. The molecule has 10 heteroatoms. The topological polar surface area (TPSA) is 121 Å². The van der Waals surface area contributed by atoms with Crippen molar-refractivity contribution in [3.8, 4) is 5.95 Å². The van der Waals surface area contributed by atoms with Gasteiger partial charge in [0.1, 0.15) is 23.5 Å². The third-order valence-electron chi connectivity index (χ3n) is 5.15. The molecule has 0 saturated heterocycles. The van der Waals surface area contributed by atoms with Crippen LogP contribution in [0.15, 0.2) is 64.3 Å². The fourth-order valence-corrected chi connectivity index (χ4v) is 3.45. The first-order chi connectivity index (χ1) is 15.8. The number of anilines is 1. The van der Waals surface area contributed by atoms with E-state index >= 15 is 0 Å². The molecule has 5 rings (SSSR count). The zero-order valence-corrected chi connectivity index (χ0v) is 18.3. The Bertz CT molecular complexity index is 1540. The third-order valence-corrected chi connectivity index (χ3v) is 5.15. The van der Waals surface area contributed by atoms with Crippen LogP contribution in [0.1, 0.15) is 26.5 Å². The van der Waals surface area contributed by atoms with Crippen molar-refractivity contribution in [2.45, 2.75) is 32.7 Å². The summed E-state index contributed by atoms with van der Waals surface area (Å²) in [5.74, 6) is 0.305. The Balaban J connectivity index is 1.46. The maximum Gasteiger partial charge on any atom is 0.297 e. The van der Waals surface area contributed by atoms with Crippen molar-refractivity contribution in [2.75, 3.05) is 5.32 Å². The van der Waals surface area contributed by atoms with Crippen LogP contribution in [-0.4, -0.2) is 35.2 Å². The van der Waals surface area contributed by atoms with Crippen molar-refractivity contribution in [1.29, 1.82) is 0 Å². The molecule has 166 valence electrons. The molecule has 1 N–H and O–H groups in total. The Labute approximate surface area is 187 Å². The van der Waals surface area contributed by atoms with E-state index in [1.54, 1.807) is 30.6 Å². The first-order valence-corrected chi connectivity index (χ1v) is 10.4. The zero-order chi connectivity index (χ0) is 23.2. The van der Waals surface area contributed by atoms with E-state index in [1.807, 2.05) is 39.0 Å². The number of hydrogen-bond acceptors (Lipinski definition) is 7. The number of amides is 1. The van der Waals surface area contributed by atoms with Crippen molar-refractivity contribution in [1.82, 2.24) is 29.3 Å². The van der Waals surface area contributed by atoms with Gasteiger partial charge in [-0.15, -0.1) is 0 Å². The van der Waals surface area contributed by atoms with E-state index in [2.05, 4.69) is 25.4 Å². The molecule has 0 aliphatic heterocycles. The summed E-state index contributed by atoms with van der Waals surface area (Å²) in [4.78, 5) is 38.6. The number of rotatable bonds is 4. The van der Waals surface area contributed by atoms with Gasteiger partial charge in [-0.05, 0) is 18.2 Å². The Kier molecular flexibility index (Phi) is 4.77. The minimum Gasteiger partial charge on any atom is -0.448 e. The standard InChI is InChI=1S/C23H21N7O3/c1-23(2,3)16-11-17(30(28-16)22-24-9-6-10-25-22)27-18(31)12-29-13-26-19-14-7-4-5-8-15(14)33-20(19)21(29)32/h4-11,13H,12H2,1-3H3,(H,27,31). The number of nitrogens with zero attached hydrogens (tertiary/aromatic N) is 6. The number of furan rings is 1. The molecule has 0 aliphatic rings. The van der Waals surface area contributed by atoms with Gasteiger partial charge in [-0.2, -0.15) is 9.78 Å². The Morgan fingerprint density at radius 2 is 1.85 bits per heavy atom. The lowest BCUT2D eigenvalue weighted by Gasteiger charge is -2.13. The molecule has 0 radical (unpaired) electrons. The Hall–Kier alpha value is -4.34. The van der Waals surface area contributed by atoms with Crippen molar-refractivity contribution in [3.05, 3.63) is 71.2 Å². The largest absolute Gasteiger partial charge is 0.448 e. The van der Waals surface area contributed by atoms with E-state index in [4.69, 9.17) is 4.42 Å². The summed E-state index contributed by atoms with van der Waals surface area (Å²) in [6.45, 7) is 5.81. The second kappa shape index (κ2) is 7.66. The fourth-order valence-electron chi connectivity index (χ4n) is 3.45. The number of carbonyl (C=O) groups excluding carboxylic acids is 1. The number of para-hydroxylation sites is 1. The summed E-state index contributed by atoms with van der Waals surface area (Å²) >= 11 is 0. The van der Waals surface area contributed by atoms with Crippen LogP contribution >= 0.6 is 0 Å². The maximum atomic E-state index is 12.9. The van der Waals surface area contributed by atoms with Gasteiger partial charge >= 0.3 is 0 Å². The summed E-state index contributed by atoms with van der Waals surface area (Å²) in [5.41, 5.74) is 1.23. The highest BCUT2D eigenvalue weighted by Gasteiger charge is 2.23. The predicted molar refractivity (Wildman–Crippen MR) is 122 cm³/mol. The molecule has 1 aromatic carbocycles. The summed E-state index contributed by atoms with van der Waals surface area (Å²) in [5, 5.41) is 8.14. The van der Waals surface area contributed by atoms with Gasteiger partial charge in [-0.3, -0.25) is 14.2 Å². The third kappa shape index (κ3) is 3.75. The highest BCUT2D eigenvalue weighted by molar-refractivity contribution is 6.01. The van der Waals surface area contributed by atoms with Crippen LogP contribution in [-0.2, 0) is 16.8 Å². The normalized spacial score (nSPS) is 11.8. The highest BCUT2D eigenvalue weighted by Crippen LogP contribution is 2.26.